The number of carbonyl (C=O) groups is 1. The van der Waals surface area contributed by atoms with Crippen LogP contribution >= 0.6 is 0 Å². The molecule has 9 heteroatoms. The van der Waals surface area contributed by atoms with Gasteiger partial charge in [-0.05, 0) is 38.3 Å². The average Bonchev–Trinajstić information content (AvgIpc) is 2.76. The topological polar surface area (TPSA) is 101 Å². The van der Waals surface area contributed by atoms with Crippen LogP contribution < -0.4 is 15.0 Å². The van der Waals surface area contributed by atoms with Crippen LogP contribution in [-0.4, -0.2) is 56.3 Å². The van der Waals surface area contributed by atoms with Crippen LogP contribution in [0.1, 0.15) is 31.5 Å². The Labute approximate surface area is 177 Å². The monoisotopic (exact) mass is 432 g/mol. The number of sulfone groups is 1. The molecule has 1 aromatic heterocycles. The standard InChI is InChI=1S/C21H28N4O4S/c1-17-23-19(25-12-6-3-7-13-25)16-21(24-17)29-14-11-22-20(26)10-15-30(27,28)18-8-4-2-5-9-18/h2,4-5,8-9,16H,3,6-7,10-15H2,1H3,(H,22,26). The van der Waals surface area contributed by atoms with Crippen LogP contribution in [0.2, 0.25) is 0 Å². The van der Waals surface area contributed by atoms with Gasteiger partial charge >= 0.3 is 0 Å². The third-order valence-corrected chi connectivity index (χ3v) is 6.59. The Balaban J connectivity index is 1.42. The Morgan fingerprint density at radius 1 is 1.13 bits per heavy atom. The number of hydrogen-bond acceptors (Lipinski definition) is 7. The fraction of sp³-hybridized carbons (Fsp3) is 0.476. The van der Waals surface area contributed by atoms with E-state index in [1.807, 2.05) is 13.0 Å². The minimum atomic E-state index is -3.46. The Bertz CT molecular complexity index is 945. The van der Waals surface area contributed by atoms with Crippen LogP contribution in [0.4, 0.5) is 5.82 Å². The summed E-state index contributed by atoms with van der Waals surface area (Å²) in [5.74, 6) is 1.43. The number of benzene rings is 1. The summed E-state index contributed by atoms with van der Waals surface area (Å²) >= 11 is 0. The minimum Gasteiger partial charge on any atom is -0.476 e. The van der Waals surface area contributed by atoms with Crippen LogP contribution in [0.25, 0.3) is 0 Å². The van der Waals surface area contributed by atoms with Crippen molar-refractivity contribution >= 4 is 21.6 Å². The van der Waals surface area contributed by atoms with Gasteiger partial charge in [0.15, 0.2) is 9.84 Å². The fourth-order valence-electron chi connectivity index (χ4n) is 3.29. The quantitative estimate of drug-likeness (QED) is 0.606. The predicted octanol–water partition coefficient (Wildman–Crippen LogP) is 2.13. The van der Waals surface area contributed by atoms with E-state index in [1.165, 1.54) is 18.6 Å². The van der Waals surface area contributed by atoms with E-state index in [-0.39, 0.29) is 36.1 Å². The molecular formula is C21H28N4O4S. The van der Waals surface area contributed by atoms with Gasteiger partial charge in [0.2, 0.25) is 11.8 Å². The second-order valence-electron chi connectivity index (χ2n) is 7.24. The molecule has 2 heterocycles. The first kappa shape index (κ1) is 22.0. The van der Waals surface area contributed by atoms with Crippen molar-refractivity contribution in [2.45, 2.75) is 37.5 Å². The molecule has 0 unspecified atom stereocenters. The lowest BCUT2D eigenvalue weighted by molar-refractivity contribution is -0.120. The number of piperidine rings is 1. The van der Waals surface area contributed by atoms with Gasteiger partial charge in [-0.1, -0.05) is 18.2 Å². The highest BCUT2D eigenvalue weighted by Gasteiger charge is 2.16. The van der Waals surface area contributed by atoms with Gasteiger partial charge in [-0.15, -0.1) is 0 Å². The molecule has 2 aromatic rings. The maximum atomic E-state index is 12.2. The largest absolute Gasteiger partial charge is 0.476 e. The van der Waals surface area contributed by atoms with Crippen LogP contribution in [0.3, 0.4) is 0 Å². The molecule has 0 bridgehead atoms. The van der Waals surface area contributed by atoms with Crippen LogP contribution in [0, 0.1) is 6.92 Å². The second-order valence-corrected chi connectivity index (χ2v) is 9.35. The lowest BCUT2D eigenvalue weighted by atomic mass is 10.1. The highest BCUT2D eigenvalue weighted by molar-refractivity contribution is 7.91. The number of ether oxygens (including phenoxy) is 1. The third-order valence-electron chi connectivity index (χ3n) is 4.86. The Kier molecular flexibility index (Phi) is 7.62. The van der Waals surface area contributed by atoms with Gasteiger partial charge < -0.3 is 15.0 Å². The molecule has 0 radical (unpaired) electrons. The van der Waals surface area contributed by atoms with Crippen molar-refractivity contribution in [1.29, 1.82) is 0 Å². The number of nitrogens with one attached hydrogen (secondary N) is 1. The average molecular weight is 433 g/mol. The zero-order valence-electron chi connectivity index (χ0n) is 17.2. The molecule has 1 aromatic carbocycles. The maximum absolute atomic E-state index is 12.2. The smallest absolute Gasteiger partial charge is 0.221 e. The molecule has 1 aliphatic rings. The molecule has 1 N–H and O–H groups in total. The third kappa shape index (κ3) is 6.41. The van der Waals surface area contributed by atoms with Crippen LogP contribution in [0.5, 0.6) is 5.88 Å². The summed E-state index contributed by atoms with van der Waals surface area (Å²) in [4.78, 5) is 23.2. The van der Waals surface area contributed by atoms with E-state index < -0.39 is 9.84 Å². The normalized spacial score (nSPS) is 14.4. The first-order chi connectivity index (χ1) is 14.4. The van der Waals surface area contributed by atoms with E-state index in [4.69, 9.17) is 4.74 Å². The molecule has 1 saturated heterocycles. The van der Waals surface area contributed by atoms with Crippen molar-refractivity contribution in [3.63, 3.8) is 0 Å². The summed E-state index contributed by atoms with van der Waals surface area (Å²) in [5, 5.41) is 2.69. The number of aromatic nitrogens is 2. The van der Waals surface area contributed by atoms with Crippen molar-refractivity contribution in [2.75, 3.05) is 36.9 Å². The van der Waals surface area contributed by atoms with E-state index in [2.05, 4.69) is 20.2 Å². The summed E-state index contributed by atoms with van der Waals surface area (Å²) < 4.78 is 30.1. The number of carbonyl (C=O) groups excluding carboxylic acids is 1. The first-order valence-corrected chi connectivity index (χ1v) is 11.9. The SMILES string of the molecule is Cc1nc(OCCNC(=O)CCS(=O)(=O)c2ccccc2)cc(N2CCCCC2)n1. The van der Waals surface area contributed by atoms with Crippen LogP contribution in [-0.2, 0) is 14.6 Å². The Morgan fingerprint density at radius 2 is 1.87 bits per heavy atom. The molecule has 0 saturated carbocycles. The van der Waals surface area contributed by atoms with Crippen molar-refractivity contribution < 1.29 is 17.9 Å². The maximum Gasteiger partial charge on any atom is 0.221 e. The van der Waals surface area contributed by atoms with E-state index in [0.717, 1.165) is 31.7 Å². The van der Waals surface area contributed by atoms with Crippen molar-refractivity contribution in [3.8, 4) is 5.88 Å². The number of nitrogens with zero attached hydrogens (tertiary/aromatic N) is 3. The molecule has 30 heavy (non-hydrogen) atoms. The van der Waals surface area contributed by atoms with Crippen LogP contribution in [0.15, 0.2) is 41.3 Å². The van der Waals surface area contributed by atoms with Crippen molar-refractivity contribution in [3.05, 3.63) is 42.2 Å². The van der Waals surface area contributed by atoms with Gasteiger partial charge in [0.05, 0.1) is 17.2 Å². The summed E-state index contributed by atoms with van der Waals surface area (Å²) in [6.45, 7) is 4.31. The van der Waals surface area contributed by atoms with Gasteiger partial charge in [-0.25, -0.2) is 13.4 Å². The molecule has 3 rings (SSSR count). The Hall–Kier alpha value is -2.68. The summed E-state index contributed by atoms with van der Waals surface area (Å²) in [6.07, 6.45) is 3.47. The first-order valence-electron chi connectivity index (χ1n) is 10.2. The highest BCUT2D eigenvalue weighted by atomic mass is 32.2. The lowest BCUT2D eigenvalue weighted by Crippen LogP contribution is -2.31. The molecular weight excluding hydrogens is 404 g/mol. The lowest BCUT2D eigenvalue weighted by Gasteiger charge is -2.28. The van der Waals surface area contributed by atoms with E-state index >= 15 is 0 Å². The van der Waals surface area contributed by atoms with E-state index in [1.54, 1.807) is 18.2 Å². The summed E-state index contributed by atoms with van der Waals surface area (Å²) in [7, 11) is -3.46. The van der Waals surface area contributed by atoms with E-state index in [9.17, 15) is 13.2 Å². The van der Waals surface area contributed by atoms with E-state index in [0.29, 0.717) is 11.7 Å². The van der Waals surface area contributed by atoms with Crippen molar-refractivity contribution in [1.82, 2.24) is 15.3 Å². The molecule has 0 atom stereocenters. The highest BCUT2D eigenvalue weighted by Crippen LogP contribution is 2.21. The number of aryl methyl sites for hydroxylation is 1. The molecule has 1 aliphatic heterocycles. The molecule has 1 amide bonds. The van der Waals surface area contributed by atoms with Gasteiger partial charge in [0, 0.05) is 25.6 Å². The summed E-state index contributed by atoms with van der Waals surface area (Å²) in [5.41, 5.74) is 0. The minimum absolute atomic E-state index is 0.0943. The number of amides is 1. The number of anilines is 1. The predicted molar refractivity (Wildman–Crippen MR) is 114 cm³/mol. The van der Waals surface area contributed by atoms with Gasteiger partial charge in [0.1, 0.15) is 18.2 Å². The zero-order valence-corrected chi connectivity index (χ0v) is 18.0. The van der Waals surface area contributed by atoms with Gasteiger partial charge in [-0.3, -0.25) is 4.79 Å². The second kappa shape index (κ2) is 10.4. The number of hydrogen-bond donors (Lipinski definition) is 1. The molecule has 1 fully saturated rings. The van der Waals surface area contributed by atoms with Crippen molar-refractivity contribution in [2.24, 2.45) is 0 Å². The van der Waals surface area contributed by atoms with Gasteiger partial charge in [0.25, 0.3) is 0 Å². The zero-order chi connectivity index (χ0) is 21.4. The molecule has 162 valence electrons. The van der Waals surface area contributed by atoms with Gasteiger partial charge in [-0.2, -0.15) is 4.98 Å². The molecule has 0 spiro atoms. The summed E-state index contributed by atoms with van der Waals surface area (Å²) in [6, 6.07) is 9.96. The fourth-order valence-corrected chi connectivity index (χ4v) is 4.55. The Morgan fingerprint density at radius 3 is 2.60 bits per heavy atom. The molecule has 8 nitrogen and oxygen atoms in total. The molecule has 0 aliphatic carbocycles. The number of rotatable bonds is 9.